The maximum atomic E-state index is 11.2. The number of rotatable bonds is 3. The van der Waals surface area contributed by atoms with Gasteiger partial charge in [0.1, 0.15) is 5.75 Å². The fraction of sp³-hybridized carbons (Fsp3) is 0.353. The van der Waals surface area contributed by atoms with E-state index in [1.807, 2.05) is 12.1 Å². The minimum atomic E-state index is 0.148. The summed E-state index contributed by atoms with van der Waals surface area (Å²) in [6.45, 7) is 6.60. The summed E-state index contributed by atoms with van der Waals surface area (Å²) in [6.07, 6.45) is 6.23. The molecule has 2 nitrogen and oxygen atoms in total. The summed E-state index contributed by atoms with van der Waals surface area (Å²) in [7, 11) is 1.61. The molecule has 0 atom stereocenters. The van der Waals surface area contributed by atoms with Gasteiger partial charge in [0, 0.05) is 5.56 Å². The molecule has 0 aliphatic heterocycles. The summed E-state index contributed by atoms with van der Waals surface area (Å²) >= 11 is 0. The van der Waals surface area contributed by atoms with Gasteiger partial charge in [-0.05, 0) is 40.7 Å². The van der Waals surface area contributed by atoms with E-state index < -0.39 is 0 Å². The Bertz CT molecular complexity index is 557. The van der Waals surface area contributed by atoms with Crippen molar-refractivity contribution in [3.8, 4) is 5.75 Å². The first kappa shape index (κ1) is 13.6. The molecule has 0 fully saturated rings. The van der Waals surface area contributed by atoms with E-state index in [9.17, 15) is 4.79 Å². The van der Waals surface area contributed by atoms with Crippen LogP contribution in [0.3, 0.4) is 0 Å². The lowest BCUT2D eigenvalue weighted by Gasteiger charge is -2.18. The molecule has 0 bridgehead atoms. The molecule has 0 amide bonds. The Morgan fingerprint density at radius 1 is 1.26 bits per heavy atom. The van der Waals surface area contributed by atoms with Gasteiger partial charge in [0.2, 0.25) is 0 Å². The zero-order chi connectivity index (χ0) is 14.0. The molecule has 0 saturated carbocycles. The molecule has 1 aliphatic carbocycles. The second-order valence-electron chi connectivity index (χ2n) is 5.85. The van der Waals surface area contributed by atoms with Gasteiger partial charge in [-0.3, -0.25) is 4.79 Å². The van der Waals surface area contributed by atoms with Crippen LogP contribution in [0.15, 0.2) is 35.9 Å². The summed E-state index contributed by atoms with van der Waals surface area (Å²) in [5.41, 5.74) is 4.38. The molecular weight excluding hydrogens is 236 g/mol. The van der Waals surface area contributed by atoms with Crippen molar-refractivity contribution in [1.29, 1.82) is 0 Å². The monoisotopic (exact) mass is 256 g/mol. The molecular formula is C17H20O2. The number of hydrogen-bond acceptors (Lipinski definition) is 2. The lowest BCUT2D eigenvalue weighted by molar-refractivity contribution is 0.112. The van der Waals surface area contributed by atoms with Gasteiger partial charge in [0.05, 0.1) is 7.11 Å². The predicted octanol–water partition coefficient (Wildman–Crippen LogP) is 4.27. The number of allylic oxidation sites excluding steroid dienone is 4. The van der Waals surface area contributed by atoms with Gasteiger partial charge >= 0.3 is 0 Å². The molecule has 0 radical (unpaired) electrons. The van der Waals surface area contributed by atoms with E-state index in [0.29, 0.717) is 11.3 Å². The summed E-state index contributed by atoms with van der Waals surface area (Å²) < 4.78 is 5.16. The third-order valence-corrected chi connectivity index (χ3v) is 3.47. The third-order valence-electron chi connectivity index (χ3n) is 3.47. The number of carbonyl (C=O) groups excluding carboxylic acids is 1. The van der Waals surface area contributed by atoms with Crippen LogP contribution in [0, 0.1) is 5.41 Å². The zero-order valence-electron chi connectivity index (χ0n) is 12.0. The van der Waals surface area contributed by atoms with E-state index in [1.165, 1.54) is 11.1 Å². The highest BCUT2D eigenvalue weighted by Gasteiger charge is 2.20. The van der Waals surface area contributed by atoms with E-state index in [2.05, 4.69) is 32.9 Å². The van der Waals surface area contributed by atoms with E-state index >= 15 is 0 Å². The van der Waals surface area contributed by atoms with Crippen LogP contribution in [0.5, 0.6) is 5.75 Å². The van der Waals surface area contributed by atoms with Crippen molar-refractivity contribution in [2.75, 3.05) is 7.11 Å². The molecule has 0 aromatic heterocycles. The average molecular weight is 256 g/mol. The Labute approximate surface area is 114 Å². The molecule has 0 spiro atoms. The van der Waals surface area contributed by atoms with Crippen LogP contribution in [-0.4, -0.2) is 13.4 Å². The molecule has 0 N–H and O–H groups in total. The molecule has 1 aromatic carbocycles. The Hall–Kier alpha value is -1.83. The maximum absolute atomic E-state index is 11.2. The van der Waals surface area contributed by atoms with Crippen molar-refractivity contribution < 1.29 is 9.53 Å². The minimum absolute atomic E-state index is 0.148. The van der Waals surface area contributed by atoms with Crippen molar-refractivity contribution in [3.05, 3.63) is 47.1 Å². The Morgan fingerprint density at radius 3 is 2.53 bits per heavy atom. The van der Waals surface area contributed by atoms with Crippen molar-refractivity contribution in [3.63, 3.8) is 0 Å². The highest BCUT2D eigenvalue weighted by molar-refractivity contribution is 5.88. The Kier molecular flexibility index (Phi) is 3.61. The van der Waals surface area contributed by atoms with Crippen molar-refractivity contribution in [2.24, 2.45) is 5.41 Å². The SMILES string of the molecule is COc1ccc(C2=CC(C(C)(C)C)=CC2)c(C=O)c1. The molecule has 2 heteroatoms. The van der Waals surface area contributed by atoms with Gasteiger partial charge in [-0.2, -0.15) is 0 Å². The minimum Gasteiger partial charge on any atom is -0.497 e. The van der Waals surface area contributed by atoms with Gasteiger partial charge in [-0.15, -0.1) is 0 Å². The van der Waals surface area contributed by atoms with Crippen LogP contribution in [-0.2, 0) is 0 Å². The van der Waals surface area contributed by atoms with Crippen LogP contribution < -0.4 is 4.74 Å². The van der Waals surface area contributed by atoms with Crippen molar-refractivity contribution in [2.45, 2.75) is 27.2 Å². The fourth-order valence-electron chi connectivity index (χ4n) is 2.29. The van der Waals surface area contributed by atoms with Crippen molar-refractivity contribution >= 4 is 11.9 Å². The first-order valence-electron chi connectivity index (χ1n) is 6.50. The smallest absolute Gasteiger partial charge is 0.150 e. The molecule has 1 aliphatic rings. The summed E-state index contributed by atoms with van der Waals surface area (Å²) in [5, 5.41) is 0. The average Bonchev–Trinajstić information content (AvgIpc) is 2.87. The van der Waals surface area contributed by atoms with Crippen LogP contribution in [0.1, 0.15) is 43.1 Å². The van der Waals surface area contributed by atoms with E-state index in [4.69, 9.17) is 4.74 Å². The molecule has 100 valence electrons. The highest BCUT2D eigenvalue weighted by Crippen LogP contribution is 2.37. The first-order valence-corrected chi connectivity index (χ1v) is 6.50. The van der Waals surface area contributed by atoms with Gasteiger partial charge in [-0.1, -0.05) is 39.0 Å². The van der Waals surface area contributed by atoms with Gasteiger partial charge in [0.15, 0.2) is 6.29 Å². The largest absolute Gasteiger partial charge is 0.497 e. The molecule has 19 heavy (non-hydrogen) atoms. The number of ether oxygens (including phenoxy) is 1. The Morgan fingerprint density at radius 2 is 2.00 bits per heavy atom. The molecule has 0 saturated heterocycles. The molecule has 1 aromatic rings. The third kappa shape index (κ3) is 2.78. The van der Waals surface area contributed by atoms with Gasteiger partial charge in [-0.25, -0.2) is 0 Å². The van der Waals surface area contributed by atoms with Crippen molar-refractivity contribution in [1.82, 2.24) is 0 Å². The first-order chi connectivity index (χ1) is 8.95. The number of aldehydes is 1. The van der Waals surface area contributed by atoms with E-state index in [-0.39, 0.29) is 5.41 Å². The standard InChI is InChI=1S/C17H20O2/c1-17(2,3)14-6-5-12(9-14)16-8-7-15(19-4)10-13(16)11-18/h6-11H,5H2,1-4H3. The number of hydrogen-bond donors (Lipinski definition) is 0. The van der Waals surface area contributed by atoms with E-state index in [0.717, 1.165) is 18.3 Å². The lowest BCUT2D eigenvalue weighted by Crippen LogP contribution is -2.05. The topological polar surface area (TPSA) is 26.3 Å². The summed E-state index contributed by atoms with van der Waals surface area (Å²) in [6, 6.07) is 5.66. The number of methoxy groups -OCH3 is 1. The van der Waals surface area contributed by atoms with Gasteiger partial charge in [0.25, 0.3) is 0 Å². The van der Waals surface area contributed by atoms with Crippen LogP contribution >= 0.6 is 0 Å². The summed E-state index contributed by atoms with van der Waals surface area (Å²) in [4.78, 5) is 11.2. The molecule has 0 heterocycles. The lowest BCUT2D eigenvalue weighted by atomic mass is 9.87. The predicted molar refractivity (Wildman–Crippen MR) is 78.5 cm³/mol. The Balaban J connectivity index is 2.37. The summed E-state index contributed by atoms with van der Waals surface area (Å²) in [5.74, 6) is 0.716. The number of benzene rings is 1. The van der Waals surface area contributed by atoms with Gasteiger partial charge < -0.3 is 4.74 Å². The maximum Gasteiger partial charge on any atom is 0.150 e. The van der Waals surface area contributed by atoms with E-state index in [1.54, 1.807) is 13.2 Å². The van der Waals surface area contributed by atoms with Crippen LogP contribution in [0.2, 0.25) is 0 Å². The zero-order valence-corrected chi connectivity index (χ0v) is 12.0. The second-order valence-corrected chi connectivity index (χ2v) is 5.85. The molecule has 2 rings (SSSR count). The normalized spacial score (nSPS) is 14.9. The quantitative estimate of drug-likeness (QED) is 0.755. The second kappa shape index (κ2) is 5.04. The molecule has 0 unspecified atom stereocenters. The number of carbonyl (C=O) groups is 1. The van der Waals surface area contributed by atoms with Crippen LogP contribution in [0.4, 0.5) is 0 Å². The van der Waals surface area contributed by atoms with Crippen LogP contribution in [0.25, 0.3) is 5.57 Å². The highest BCUT2D eigenvalue weighted by atomic mass is 16.5. The fourth-order valence-corrected chi connectivity index (χ4v) is 2.29.